The van der Waals surface area contributed by atoms with Crippen LogP contribution in [-0.4, -0.2) is 25.8 Å². The van der Waals surface area contributed by atoms with Gasteiger partial charge in [0.15, 0.2) is 0 Å². The fourth-order valence-corrected chi connectivity index (χ4v) is 0.709. The molecule has 0 atom stereocenters. The molecule has 0 unspecified atom stereocenters. The molecule has 0 saturated carbocycles. The summed E-state index contributed by atoms with van der Waals surface area (Å²) in [6, 6.07) is 6.17. The zero-order chi connectivity index (χ0) is 12.8. The van der Waals surface area contributed by atoms with Gasteiger partial charge >= 0.3 is 13.8 Å². The Morgan fingerprint density at radius 1 is 1.19 bits per heavy atom. The van der Waals surface area contributed by atoms with Crippen molar-refractivity contribution in [2.75, 3.05) is 5.43 Å². The highest BCUT2D eigenvalue weighted by Gasteiger charge is 2.00. The Kier molecular flexibility index (Phi) is 5.65. The van der Waals surface area contributed by atoms with Crippen molar-refractivity contribution in [2.24, 2.45) is 5.84 Å². The number of nitrogens with one attached hydrogen (secondary N) is 1. The second-order valence-electron chi connectivity index (χ2n) is 2.54. The first-order valence-electron chi connectivity index (χ1n) is 3.82. The van der Waals surface area contributed by atoms with Crippen molar-refractivity contribution in [2.45, 2.75) is 0 Å². The fraction of sp³-hybridized carbons (Fsp3) is 0. The van der Waals surface area contributed by atoms with Crippen LogP contribution in [0, 0.1) is 0 Å². The summed E-state index contributed by atoms with van der Waals surface area (Å²) in [7, 11) is -4.64. The molecule has 0 aromatic heterocycles. The van der Waals surface area contributed by atoms with Crippen LogP contribution in [-0.2, 0) is 4.57 Å². The molecule has 0 aliphatic rings. The largest absolute Gasteiger partial charge is 0.478 e. The molecule has 0 amide bonds. The summed E-state index contributed by atoms with van der Waals surface area (Å²) in [5.74, 6) is 4.14. The van der Waals surface area contributed by atoms with Crippen LogP contribution >= 0.6 is 7.82 Å². The van der Waals surface area contributed by atoms with E-state index in [2.05, 4.69) is 5.43 Å². The molecule has 16 heavy (non-hydrogen) atoms. The first kappa shape index (κ1) is 14.6. The summed E-state index contributed by atoms with van der Waals surface area (Å²) in [5, 5.41) is 8.50. The second kappa shape index (κ2) is 6.21. The predicted octanol–water partition coefficient (Wildman–Crippen LogP) is -0.258. The van der Waals surface area contributed by atoms with E-state index in [1.165, 1.54) is 12.1 Å². The van der Waals surface area contributed by atoms with Gasteiger partial charge in [0.25, 0.3) is 0 Å². The highest BCUT2D eigenvalue weighted by Crippen LogP contribution is 2.25. The maximum atomic E-state index is 10.3. The Bertz CT molecular complexity index is 378. The number of nitrogens with two attached hydrogens (primary N) is 1. The zero-order valence-electron chi connectivity index (χ0n) is 7.94. The van der Waals surface area contributed by atoms with Gasteiger partial charge in [0.1, 0.15) is 0 Å². The average Bonchev–Trinajstić information content (AvgIpc) is 2.15. The third kappa shape index (κ3) is 7.92. The maximum absolute atomic E-state index is 10.3. The average molecular weight is 250 g/mol. The Morgan fingerprint density at radius 2 is 1.56 bits per heavy atom. The Hall–Kier alpha value is -1.44. The minimum atomic E-state index is -4.64. The molecule has 7 N–H and O–H groups in total. The van der Waals surface area contributed by atoms with E-state index in [0.29, 0.717) is 5.69 Å². The summed E-state index contributed by atoms with van der Waals surface area (Å²) in [6.45, 7) is 0. The summed E-state index contributed by atoms with van der Waals surface area (Å²) < 4.78 is 8.88. The molecule has 0 spiro atoms. The first-order valence-corrected chi connectivity index (χ1v) is 5.39. The van der Waals surface area contributed by atoms with E-state index in [-0.39, 0.29) is 5.56 Å². The number of carboxylic acids is 1. The lowest BCUT2D eigenvalue weighted by Gasteiger charge is -1.98. The van der Waals surface area contributed by atoms with Crippen LogP contribution in [0.4, 0.5) is 5.69 Å². The molecular formula is C7H11N2O6P. The van der Waals surface area contributed by atoms with Gasteiger partial charge in [-0.05, 0) is 24.3 Å². The van der Waals surface area contributed by atoms with Gasteiger partial charge in [-0.2, -0.15) is 0 Å². The quantitative estimate of drug-likeness (QED) is 0.238. The van der Waals surface area contributed by atoms with Gasteiger partial charge < -0.3 is 25.2 Å². The van der Waals surface area contributed by atoms with Gasteiger partial charge in [-0.1, -0.05) is 0 Å². The van der Waals surface area contributed by atoms with Gasteiger partial charge in [0.2, 0.25) is 0 Å². The minimum absolute atomic E-state index is 0.254. The number of phosphoric acid groups is 1. The van der Waals surface area contributed by atoms with Crippen molar-refractivity contribution < 1.29 is 29.1 Å². The molecule has 1 aromatic carbocycles. The molecule has 1 rings (SSSR count). The molecule has 1 aromatic rings. The number of aromatic carboxylic acids is 1. The zero-order valence-corrected chi connectivity index (χ0v) is 8.83. The van der Waals surface area contributed by atoms with Crippen LogP contribution in [0.5, 0.6) is 0 Å². The number of carbonyl (C=O) groups is 1. The number of hydrogen-bond donors (Lipinski definition) is 6. The van der Waals surface area contributed by atoms with Crippen LogP contribution < -0.4 is 11.3 Å². The van der Waals surface area contributed by atoms with Crippen LogP contribution in [0.2, 0.25) is 0 Å². The highest BCUT2D eigenvalue weighted by molar-refractivity contribution is 7.45. The van der Waals surface area contributed by atoms with Crippen LogP contribution in [0.15, 0.2) is 24.3 Å². The van der Waals surface area contributed by atoms with E-state index >= 15 is 0 Å². The van der Waals surface area contributed by atoms with Crippen molar-refractivity contribution in [3.63, 3.8) is 0 Å². The van der Waals surface area contributed by atoms with E-state index in [1.54, 1.807) is 12.1 Å². The summed E-state index contributed by atoms with van der Waals surface area (Å²) in [4.78, 5) is 31.9. The second-order valence-corrected chi connectivity index (χ2v) is 3.57. The number of anilines is 1. The van der Waals surface area contributed by atoms with Gasteiger partial charge in [0.05, 0.1) is 5.56 Å². The monoisotopic (exact) mass is 250 g/mol. The lowest BCUT2D eigenvalue weighted by molar-refractivity contribution is 0.0697. The first-order chi connectivity index (χ1) is 7.24. The Morgan fingerprint density at radius 3 is 1.81 bits per heavy atom. The van der Waals surface area contributed by atoms with Crippen molar-refractivity contribution in [3.05, 3.63) is 29.8 Å². The minimum Gasteiger partial charge on any atom is -0.478 e. The number of benzene rings is 1. The smallest absolute Gasteiger partial charge is 0.466 e. The number of hydrogen-bond acceptors (Lipinski definition) is 4. The van der Waals surface area contributed by atoms with Gasteiger partial charge in [-0.3, -0.25) is 5.84 Å². The molecule has 0 aliphatic carbocycles. The summed E-state index contributed by atoms with van der Waals surface area (Å²) >= 11 is 0. The molecule has 0 radical (unpaired) electrons. The molecule has 9 heteroatoms. The van der Waals surface area contributed by atoms with E-state index in [9.17, 15) is 4.79 Å². The maximum Gasteiger partial charge on any atom is 0.466 e. The normalized spacial score (nSPS) is 10.0. The van der Waals surface area contributed by atoms with Crippen molar-refractivity contribution in [1.82, 2.24) is 0 Å². The third-order valence-corrected chi connectivity index (χ3v) is 1.30. The molecule has 0 heterocycles. The lowest BCUT2D eigenvalue weighted by Crippen LogP contribution is -2.06. The SMILES string of the molecule is NNc1ccc(C(=O)O)cc1.O=P(O)(O)O. The van der Waals surface area contributed by atoms with E-state index in [4.69, 9.17) is 30.2 Å². The molecule has 8 nitrogen and oxygen atoms in total. The summed E-state index contributed by atoms with van der Waals surface area (Å²) in [6.07, 6.45) is 0. The number of hydrazine groups is 1. The summed E-state index contributed by atoms with van der Waals surface area (Å²) in [5.41, 5.74) is 3.34. The Balaban J connectivity index is 0.000000385. The number of carboxylic acid groups (broad SMARTS) is 1. The standard InChI is InChI=1S/C7H8N2O2.H3O4P/c8-9-6-3-1-5(2-4-6)7(10)11;1-5(2,3)4/h1-4,9H,8H2,(H,10,11);(H3,1,2,3,4). The van der Waals surface area contributed by atoms with Gasteiger partial charge in [-0.15, -0.1) is 0 Å². The molecule has 0 fully saturated rings. The molecule has 0 saturated heterocycles. The van der Waals surface area contributed by atoms with E-state index in [1.807, 2.05) is 0 Å². The number of nitrogen functional groups attached to an aromatic ring is 1. The van der Waals surface area contributed by atoms with E-state index in [0.717, 1.165) is 0 Å². The lowest BCUT2D eigenvalue weighted by atomic mass is 10.2. The van der Waals surface area contributed by atoms with Gasteiger partial charge in [0, 0.05) is 5.69 Å². The van der Waals surface area contributed by atoms with Crippen molar-refractivity contribution in [3.8, 4) is 0 Å². The fourth-order valence-electron chi connectivity index (χ4n) is 0.709. The Labute approximate surface area is 90.6 Å². The molecule has 0 bridgehead atoms. The topological polar surface area (TPSA) is 153 Å². The molecular weight excluding hydrogens is 239 g/mol. The van der Waals surface area contributed by atoms with Crippen molar-refractivity contribution >= 4 is 19.5 Å². The van der Waals surface area contributed by atoms with Crippen LogP contribution in [0.25, 0.3) is 0 Å². The van der Waals surface area contributed by atoms with Gasteiger partial charge in [-0.25, -0.2) is 9.36 Å². The molecule has 0 aliphatic heterocycles. The third-order valence-electron chi connectivity index (χ3n) is 1.30. The van der Waals surface area contributed by atoms with Crippen molar-refractivity contribution in [1.29, 1.82) is 0 Å². The van der Waals surface area contributed by atoms with E-state index < -0.39 is 13.8 Å². The highest BCUT2D eigenvalue weighted by atomic mass is 31.2. The number of rotatable bonds is 2. The molecule has 90 valence electrons. The van der Waals surface area contributed by atoms with Crippen LogP contribution in [0.3, 0.4) is 0 Å². The van der Waals surface area contributed by atoms with Crippen LogP contribution in [0.1, 0.15) is 10.4 Å². The predicted molar refractivity (Wildman–Crippen MR) is 55.5 cm³/mol.